The molecule has 1 unspecified atom stereocenters. The molecule has 0 amide bonds. The van der Waals surface area contributed by atoms with Crippen molar-refractivity contribution in [3.63, 3.8) is 0 Å². The second kappa shape index (κ2) is 7.33. The first-order valence-corrected chi connectivity index (χ1v) is 3.21. The molecule has 0 rings (SSSR count). The van der Waals surface area contributed by atoms with Crippen LogP contribution in [0, 0.1) is 0 Å². The molecule has 72 valence electrons. The Morgan fingerprint density at radius 3 is 2.14 bits per heavy atom. The molecule has 0 fully saturated rings. The molecule has 0 aromatic carbocycles. The molecule has 0 heterocycles. The molecule has 0 bridgehead atoms. The van der Waals surface area contributed by atoms with Crippen molar-refractivity contribution in [2.45, 2.75) is 12.5 Å². The van der Waals surface area contributed by atoms with Gasteiger partial charge in [-0.1, -0.05) is 6.58 Å². The predicted molar refractivity (Wildman–Crippen MR) is 40.5 cm³/mol. The summed E-state index contributed by atoms with van der Waals surface area (Å²) in [5.41, 5.74) is 0. The number of esters is 1. The minimum Gasteiger partial charge on any atom is -0.550 e. The van der Waals surface area contributed by atoms with Gasteiger partial charge in [-0.3, -0.25) is 0 Å². The van der Waals surface area contributed by atoms with Gasteiger partial charge in [-0.15, -0.1) is 0 Å². The van der Waals surface area contributed by atoms with Crippen LogP contribution in [-0.4, -0.2) is 47.1 Å². The van der Waals surface area contributed by atoms with Gasteiger partial charge >= 0.3 is 29.0 Å². The minimum absolute atomic E-state index is 0. The van der Waals surface area contributed by atoms with Gasteiger partial charge in [0.05, 0.1) is 5.97 Å². The maximum absolute atomic E-state index is 10.5. The second-order valence-electron chi connectivity index (χ2n) is 2.02. The Kier molecular flexibility index (Phi) is 8.06. The summed E-state index contributed by atoms with van der Waals surface area (Å²) in [6.45, 7) is 3.00. The molecule has 0 aromatic heterocycles. The summed E-state index contributed by atoms with van der Waals surface area (Å²) in [5, 5.41) is 20.1. The van der Waals surface area contributed by atoms with Gasteiger partial charge in [0.25, 0.3) is 0 Å². The van der Waals surface area contributed by atoms with Gasteiger partial charge in [0.2, 0.25) is 0 Å². The van der Waals surface area contributed by atoms with E-state index in [2.05, 4.69) is 11.3 Å². The van der Waals surface area contributed by atoms with Crippen LogP contribution in [-0.2, 0) is 19.1 Å². The van der Waals surface area contributed by atoms with Gasteiger partial charge in [0.15, 0.2) is 0 Å². The molecule has 0 saturated heterocycles. The predicted octanol–water partition coefficient (Wildman–Crippen LogP) is -3.41. The van der Waals surface area contributed by atoms with Crippen LogP contribution in [0.1, 0.15) is 6.42 Å². The van der Waals surface area contributed by atoms with Crippen molar-refractivity contribution in [3.8, 4) is 0 Å². The summed E-state index contributed by atoms with van der Waals surface area (Å²) in [6.07, 6.45) is -2.07. The average molecular weight is 210 g/mol. The molecule has 1 atom stereocenters. The van der Waals surface area contributed by atoms with Gasteiger partial charge in [0.1, 0.15) is 6.10 Å². The molecule has 14 heavy (non-hydrogen) atoms. The van der Waals surface area contributed by atoms with Crippen molar-refractivity contribution < 1.29 is 29.3 Å². The number of carbonyl (C=O) groups is 3. The summed E-state index contributed by atoms with van der Waals surface area (Å²) < 4.78 is 4.13. The number of carboxylic acid groups (broad SMARTS) is 2. The second-order valence-corrected chi connectivity index (χ2v) is 2.02. The maximum Gasteiger partial charge on any atom is 2.00 e. The Labute approximate surface area is 95.7 Å². The molecular formula is C7H6MgO6. The first-order valence-electron chi connectivity index (χ1n) is 3.21. The van der Waals surface area contributed by atoms with Gasteiger partial charge in [0, 0.05) is 18.5 Å². The fraction of sp³-hybridized carbons (Fsp3) is 0.286. The van der Waals surface area contributed by atoms with E-state index in [1.54, 1.807) is 0 Å². The largest absolute Gasteiger partial charge is 2.00 e. The molecule has 0 N–H and O–H groups in total. The van der Waals surface area contributed by atoms with E-state index in [-0.39, 0.29) is 23.1 Å². The Hall–Kier alpha value is -1.08. The summed E-state index contributed by atoms with van der Waals surface area (Å²) in [5.74, 6) is -4.47. The average Bonchev–Trinajstić information content (AvgIpc) is 2.02. The van der Waals surface area contributed by atoms with Crippen molar-refractivity contribution in [3.05, 3.63) is 12.7 Å². The van der Waals surface area contributed by atoms with Gasteiger partial charge in [-0.05, 0) is 0 Å². The van der Waals surface area contributed by atoms with E-state index in [0.29, 0.717) is 6.08 Å². The van der Waals surface area contributed by atoms with E-state index in [1.807, 2.05) is 0 Å². The topological polar surface area (TPSA) is 107 Å². The zero-order valence-corrected chi connectivity index (χ0v) is 8.64. The van der Waals surface area contributed by atoms with Crippen LogP contribution in [0.5, 0.6) is 0 Å². The number of carboxylic acids is 2. The summed E-state index contributed by atoms with van der Waals surface area (Å²) in [4.78, 5) is 30.6. The minimum atomic E-state index is -1.84. The van der Waals surface area contributed by atoms with Crippen LogP contribution in [0.15, 0.2) is 12.7 Å². The number of hydrogen-bond acceptors (Lipinski definition) is 6. The Bertz CT molecular complexity index is 249. The normalized spacial score (nSPS) is 10.6. The zero-order valence-electron chi connectivity index (χ0n) is 7.23. The summed E-state index contributed by atoms with van der Waals surface area (Å²) in [7, 11) is 0. The fourth-order valence-corrected chi connectivity index (χ4v) is 0.513. The third kappa shape index (κ3) is 6.43. The monoisotopic (exact) mass is 210 g/mol. The zero-order chi connectivity index (χ0) is 10.4. The van der Waals surface area contributed by atoms with Crippen LogP contribution in [0.25, 0.3) is 0 Å². The number of hydrogen-bond donors (Lipinski definition) is 0. The maximum atomic E-state index is 10.5. The molecule has 6 nitrogen and oxygen atoms in total. The number of rotatable bonds is 5. The number of carbonyl (C=O) groups excluding carboxylic acids is 3. The molecule has 0 spiro atoms. The van der Waals surface area contributed by atoms with Crippen molar-refractivity contribution in [1.82, 2.24) is 0 Å². The molecule has 0 radical (unpaired) electrons. The van der Waals surface area contributed by atoms with E-state index in [1.165, 1.54) is 0 Å². The van der Waals surface area contributed by atoms with E-state index in [0.717, 1.165) is 0 Å². The Balaban J connectivity index is 0. The first kappa shape index (κ1) is 15.4. The van der Waals surface area contributed by atoms with E-state index < -0.39 is 30.4 Å². The van der Waals surface area contributed by atoms with E-state index in [4.69, 9.17) is 0 Å². The smallest absolute Gasteiger partial charge is 0.550 e. The Morgan fingerprint density at radius 2 is 1.86 bits per heavy atom. The van der Waals surface area contributed by atoms with Crippen molar-refractivity contribution >= 4 is 41.0 Å². The van der Waals surface area contributed by atoms with Crippen LogP contribution in [0.3, 0.4) is 0 Å². The summed E-state index contributed by atoms with van der Waals surface area (Å²) >= 11 is 0. The SMILES string of the molecule is C=CC(=O)OC(CC(=O)[O-])C(=O)[O-].[Mg+2]. The Morgan fingerprint density at radius 1 is 1.36 bits per heavy atom. The molecule has 0 aliphatic rings. The van der Waals surface area contributed by atoms with E-state index in [9.17, 15) is 24.6 Å². The summed E-state index contributed by atoms with van der Waals surface area (Å²) in [6, 6.07) is 0. The van der Waals surface area contributed by atoms with Gasteiger partial charge < -0.3 is 24.5 Å². The van der Waals surface area contributed by atoms with Crippen LogP contribution < -0.4 is 10.2 Å². The number of aliphatic carboxylic acids is 2. The van der Waals surface area contributed by atoms with Crippen LogP contribution in [0.4, 0.5) is 0 Å². The fourth-order valence-electron chi connectivity index (χ4n) is 0.513. The van der Waals surface area contributed by atoms with E-state index >= 15 is 0 Å². The van der Waals surface area contributed by atoms with Crippen molar-refractivity contribution in [1.29, 1.82) is 0 Å². The van der Waals surface area contributed by atoms with Gasteiger partial charge in [-0.25, -0.2) is 4.79 Å². The molecule has 0 saturated carbocycles. The molecule has 0 aliphatic heterocycles. The van der Waals surface area contributed by atoms with Crippen molar-refractivity contribution in [2.75, 3.05) is 0 Å². The molecule has 0 aliphatic carbocycles. The first-order chi connectivity index (χ1) is 5.97. The third-order valence-corrected chi connectivity index (χ3v) is 1.04. The quantitative estimate of drug-likeness (QED) is 0.266. The number of ether oxygens (including phenoxy) is 1. The molecule has 7 heteroatoms. The molecular weight excluding hydrogens is 204 g/mol. The van der Waals surface area contributed by atoms with Crippen LogP contribution in [0.2, 0.25) is 0 Å². The van der Waals surface area contributed by atoms with Gasteiger partial charge in [-0.2, -0.15) is 0 Å². The standard InChI is InChI=1S/C7H8O6.Mg/c1-2-6(10)13-4(7(11)12)3-5(8)9;/h2,4H,1,3H2,(H,8,9)(H,11,12);/q;+2/p-2. The van der Waals surface area contributed by atoms with Crippen LogP contribution >= 0.6 is 0 Å². The van der Waals surface area contributed by atoms with Crippen molar-refractivity contribution in [2.24, 2.45) is 0 Å². The molecule has 0 aromatic rings. The third-order valence-electron chi connectivity index (χ3n) is 1.04.